The van der Waals surface area contributed by atoms with Crippen LogP contribution in [-0.2, 0) is 0 Å². The molecule has 0 amide bonds. The minimum Gasteiger partial charge on any atom is -0.493 e. The van der Waals surface area contributed by atoms with Crippen LogP contribution in [0.5, 0.6) is 5.75 Å². The van der Waals surface area contributed by atoms with Gasteiger partial charge in [0.2, 0.25) is 0 Å². The lowest BCUT2D eigenvalue weighted by molar-refractivity contribution is 0.338. The van der Waals surface area contributed by atoms with E-state index in [1.807, 2.05) is 6.92 Å². The van der Waals surface area contributed by atoms with Gasteiger partial charge >= 0.3 is 0 Å². The number of hydrogen-bond donors (Lipinski definition) is 0. The summed E-state index contributed by atoms with van der Waals surface area (Å²) in [6.07, 6.45) is 5.03. The van der Waals surface area contributed by atoms with Crippen molar-refractivity contribution in [3.63, 3.8) is 0 Å². The molecule has 0 saturated heterocycles. The number of ether oxygens (including phenoxy) is 1. The highest BCUT2D eigenvalue weighted by molar-refractivity contribution is 9.10. The Kier molecular flexibility index (Phi) is 8.08. The first kappa shape index (κ1) is 17.0. The fourth-order valence-electron chi connectivity index (χ4n) is 2.41. The summed E-state index contributed by atoms with van der Waals surface area (Å²) < 4.78 is 6.61. The zero-order valence-corrected chi connectivity index (χ0v) is 15.3. The SMILES string of the molecule is CCCC(CCC)C(Br)c1ccc(OCC)c(Br)c1. The molecule has 3 heteroatoms. The van der Waals surface area contributed by atoms with E-state index in [9.17, 15) is 0 Å². The second kappa shape index (κ2) is 9.02. The second-order valence-electron chi connectivity index (χ2n) is 4.86. The molecule has 1 aromatic carbocycles. The molecule has 0 heterocycles. The molecule has 1 nitrogen and oxygen atoms in total. The van der Waals surface area contributed by atoms with E-state index < -0.39 is 0 Å². The predicted octanol–water partition coefficient (Wildman–Crippen LogP) is 6.50. The number of hydrogen-bond acceptors (Lipinski definition) is 1. The zero-order chi connectivity index (χ0) is 14.3. The molecule has 1 rings (SSSR count). The lowest BCUT2D eigenvalue weighted by atomic mass is 9.91. The smallest absolute Gasteiger partial charge is 0.133 e. The Labute approximate surface area is 134 Å². The highest BCUT2D eigenvalue weighted by atomic mass is 79.9. The Morgan fingerprint density at radius 1 is 1.11 bits per heavy atom. The van der Waals surface area contributed by atoms with Crippen LogP contribution in [0.2, 0.25) is 0 Å². The quantitative estimate of drug-likeness (QED) is 0.459. The third-order valence-corrected chi connectivity index (χ3v) is 5.20. The van der Waals surface area contributed by atoms with E-state index in [-0.39, 0.29) is 0 Å². The first-order valence-corrected chi connectivity index (χ1v) is 8.91. The van der Waals surface area contributed by atoms with Gasteiger partial charge in [-0.1, -0.05) is 48.7 Å². The molecule has 108 valence electrons. The normalized spacial score (nSPS) is 12.7. The molecule has 0 aromatic heterocycles. The number of alkyl halides is 1. The summed E-state index contributed by atoms with van der Waals surface area (Å²) in [6, 6.07) is 6.42. The van der Waals surface area contributed by atoms with Gasteiger partial charge in [-0.2, -0.15) is 0 Å². The van der Waals surface area contributed by atoms with Gasteiger partial charge in [0.15, 0.2) is 0 Å². The molecule has 1 aromatic rings. The van der Waals surface area contributed by atoms with Gasteiger partial charge in [-0.05, 0) is 59.3 Å². The van der Waals surface area contributed by atoms with Crippen LogP contribution in [-0.4, -0.2) is 6.61 Å². The van der Waals surface area contributed by atoms with Crippen molar-refractivity contribution in [2.45, 2.75) is 51.3 Å². The van der Waals surface area contributed by atoms with Gasteiger partial charge in [-0.3, -0.25) is 0 Å². The molecule has 0 aliphatic heterocycles. The minimum absolute atomic E-state index is 0.430. The maximum absolute atomic E-state index is 5.56. The standard InChI is InChI=1S/C16H24Br2O/c1-4-7-12(8-5-2)16(18)13-9-10-15(19-6-3)14(17)11-13/h9-12,16H,4-8H2,1-3H3. The van der Waals surface area contributed by atoms with Crippen molar-refractivity contribution >= 4 is 31.9 Å². The van der Waals surface area contributed by atoms with Gasteiger partial charge in [0.25, 0.3) is 0 Å². The molecule has 0 saturated carbocycles. The molecule has 0 N–H and O–H groups in total. The Hall–Kier alpha value is -0.0200. The average Bonchev–Trinajstić information content (AvgIpc) is 2.40. The number of rotatable bonds is 8. The van der Waals surface area contributed by atoms with Crippen LogP contribution >= 0.6 is 31.9 Å². The lowest BCUT2D eigenvalue weighted by Crippen LogP contribution is -2.08. The summed E-state index contributed by atoms with van der Waals surface area (Å²) in [6.45, 7) is 7.23. The van der Waals surface area contributed by atoms with E-state index in [0.29, 0.717) is 17.4 Å². The molecule has 1 atom stereocenters. The van der Waals surface area contributed by atoms with Crippen LogP contribution < -0.4 is 4.74 Å². The van der Waals surface area contributed by atoms with Gasteiger partial charge in [-0.25, -0.2) is 0 Å². The molecular weight excluding hydrogens is 368 g/mol. The Morgan fingerprint density at radius 2 is 1.74 bits per heavy atom. The maximum atomic E-state index is 5.56. The van der Waals surface area contributed by atoms with E-state index in [0.717, 1.165) is 10.2 Å². The van der Waals surface area contributed by atoms with E-state index in [1.165, 1.54) is 31.2 Å². The van der Waals surface area contributed by atoms with Crippen molar-refractivity contribution in [3.05, 3.63) is 28.2 Å². The summed E-state index contributed by atoms with van der Waals surface area (Å²) in [7, 11) is 0. The fourth-order valence-corrected chi connectivity index (χ4v) is 3.74. The van der Waals surface area contributed by atoms with Crippen molar-refractivity contribution in [1.82, 2.24) is 0 Å². The molecule has 0 fully saturated rings. The topological polar surface area (TPSA) is 9.23 Å². The van der Waals surface area contributed by atoms with E-state index in [4.69, 9.17) is 4.74 Å². The lowest BCUT2D eigenvalue weighted by Gasteiger charge is -2.22. The van der Waals surface area contributed by atoms with Crippen LogP contribution in [0.3, 0.4) is 0 Å². The predicted molar refractivity (Wildman–Crippen MR) is 90.3 cm³/mol. The van der Waals surface area contributed by atoms with Crippen LogP contribution in [0.15, 0.2) is 22.7 Å². The molecule has 0 bridgehead atoms. The van der Waals surface area contributed by atoms with Crippen molar-refractivity contribution in [2.24, 2.45) is 5.92 Å². The highest BCUT2D eigenvalue weighted by Crippen LogP contribution is 2.39. The molecule has 19 heavy (non-hydrogen) atoms. The summed E-state index contributed by atoms with van der Waals surface area (Å²) in [4.78, 5) is 0.430. The van der Waals surface area contributed by atoms with Gasteiger partial charge in [0, 0.05) is 4.83 Å². The van der Waals surface area contributed by atoms with E-state index in [1.54, 1.807) is 0 Å². The molecule has 1 unspecified atom stereocenters. The van der Waals surface area contributed by atoms with Gasteiger partial charge in [0.1, 0.15) is 5.75 Å². The fraction of sp³-hybridized carbons (Fsp3) is 0.625. The van der Waals surface area contributed by atoms with Crippen LogP contribution in [0.1, 0.15) is 56.8 Å². The largest absolute Gasteiger partial charge is 0.493 e. The monoisotopic (exact) mass is 390 g/mol. The van der Waals surface area contributed by atoms with Crippen LogP contribution in [0.25, 0.3) is 0 Å². The van der Waals surface area contributed by atoms with Crippen molar-refractivity contribution in [2.75, 3.05) is 6.61 Å². The first-order chi connectivity index (χ1) is 9.13. The average molecular weight is 392 g/mol. The van der Waals surface area contributed by atoms with E-state index >= 15 is 0 Å². The van der Waals surface area contributed by atoms with Gasteiger partial charge in [0.05, 0.1) is 11.1 Å². The van der Waals surface area contributed by atoms with Crippen LogP contribution in [0, 0.1) is 5.92 Å². The van der Waals surface area contributed by atoms with Gasteiger partial charge < -0.3 is 4.74 Å². The zero-order valence-electron chi connectivity index (χ0n) is 12.1. The number of benzene rings is 1. The number of halogens is 2. The van der Waals surface area contributed by atoms with Crippen molar-refractivity contribution < 1.29 is 4.74 Å². The summed E-state index contributed by atoms with van der Waals surface area (Å²) in [5.74, 6) is 1.63. The third-order valence-electron chi connectivity index (χ3n) is 3.31. The van der Waals surface area contributed by atoms with Crippen LogP contribution in [0.4, 0.5) is 0 Å². The highest BCUT2D eigenvalue weighted by Gasteiger charge is 2.20. The second-order valence-corrected chi connectivity index (χ2v) is 6.70. The van der Waals surface area contributed by atoms with Crippen molar-refractivity contribution in [3.8, 4) is 5.75 Å². The van der Waals surface area contributed by atoms with Gasteiger partial charge in [-0.15, -0.1) is 0 Å². The maximum Gasteiger partial charge on any atom is 0.133 e. The Balaban J connectivity index is 2.85. The molecule has 0 radical (unpaired) electrons. The molecule has 0 spiro atoms. The minimum atomic E-state index is 0.430. The summed E-state index contributed by atoms with van der Waals surface area (Å²) in [5.41, 5.74) is 1.34. The third kappa shape index (κ3) is 5.11. The Bertz CT molecular complexity index is 373. The summed E-state index contributed by atoms with van der Waals surface area (Å²) in [5, 5.41) is 0. The molecule has 0 aliphatic rings. The van der Waals surface area contributed by atoms with Crippen molar-refractivity contribution in [1.29, 1.82) is 0 Å². The Morgan fingerprint density at radius 3 is 2.21 bits per heavy atom. The molecular formula is C16H24Br2O. The first-order valence-electron chi connectivity index (χ1n) is 7.20. The van der Waals surface area contributed by atoms with E-state index in [2.05, 4.69) is 63.9 Å². The summed E-state index contributed by atoms with van der Waals surface area (Å²) >= 11 is 7.49. The molecule has 0 aliphatic carbocycles.